The number of hydrogen-bond donors (Lipinski definition) is 1. The summed E-state index contributed by atoms with van der Waals surface area (Å²) in [6, 6.07) is 14.0. The highest BCUT2D eigenvalue weighted by Gasteiger charge is 2.49. The van der Waals surface area contributed by atoms with Gasteiger partial charge in [-0.05, 0) is 69.8 Å². The quantitative estimate of drug-likeness (QED) is 0.345. The van der Waals surface area contributed by atoms with Crippen LogP contribution in [0.5, 0.6) is 5.75 Å². The topological polar surface area (TPSA) is 83.9 Å². The Balaban J connectivity index is 1.59. The number of Topliss-reactive ketones (excluding diaryl/α,β-unsaturated/α-hetero) is 2. The second kappa shape index (κ2) is 10.9. The van der Waals surface area contributed by atoms with Gasteiger partial charge in [-0.1, -0.05) is 63.6 Å². The summed E-state index contributed by atoms with van der Waals surface area (Å²) in [6.07, 6.45) is 2.00. The lowest BCUT2D eigenvalue weighted by atomic mass is 9.63. The number of carbonyl (C=O) groups excluding carboxylic acids is 2. The molecule has 2 aromatic rings. The Labute approximate surface area is 250 Å². The van der Waals surface area contributed by atoms with Gasteiger partial charge in [0.15, 0.2) is 11.6 Å². The summed E-state index contributed by atoms with van der Waals surface area (Å²) in [5.74, 6) is -0.646. The van der Waals surface area contributed by atoms with Crippen LogP contribution in [0.2, 0.25) is 0 Å². The molecule has 0 radical (unpaired) electrons. The van der Waals surface area contributed by atoms with Gasteiger partial charge in [-0.25, -0.2) is 0 Å². The van der Waals surface area contributed by atoms with Gasteiger partial charge in [0.1, 0.15) is 12.4 Å². The molecular formula is C34H38BrNO5. The summed E-state index contributed by atoms with van der Waals surface area (Å²) in [6.45, 7) is 11.0. The van der Waals surface area contributed by atoms with E-state index in [-0.39, 0.29) is 35.4 Å². The van der Waals surface area contributed by atoms with E-state index in [1.165, 1.54) is 5.56 Å². The molecule has 5 rings (SSSR count). The van der Waals surface area contributed by atoms with Crippen LogP contribution >= 0.6 is 15.9 Å². The fourth-order valence-corrected chi connectivity index (χ4v) is 7.03. The Morgan fingerprint density at radius 1 is 0.927 bits per heavy atom. The number of ether oxygens (including phenoxy) is 1. The monoisotopic (exact) mass is 619 g/mol. The predicted octanol–water partition coefficient (Wildman–Crippen LogP) is 7.50. The number of benzene rings is 2. The molecule has 7 heteroatoms. The molecule has 0 fully saturated rings. The van der Waals surface area contributed by atoms with Gasteiger partial charge in [0.25, 0.3) is 0 Å². The fraction of sp³-hybridized carbons (Fsp3) is 0.441. The van der Waals surface area contributed by atoms with E-state index in [9.17, 15) is 19.5 Å². The van der Waals surface area contributed by atoms with Crippen LogP contribution in [-0.2, 0) is 21.0 Å². The van der Waals surface area contributed by atoms with E-state index in [1.54, 1.807) is 0 Å². The van der Waals surface area contributed by atoms with Gasteiger partial charge in [0.2, 0.25) is 0 Å². The summed E-state index contributed by atoms with van der Waals surface area (Å²) < 4.78 is 6.87. The summed E-state index contributed by atoms with van der Waals surface area (Å²) in [4.78, 5) is 41.4. The van der Waals surface area contributed by atoms with Crippen molar-refractivity contribution in [2.75, 3.05) is 6.54 Å². The molecule has 3 aliphatic rings. The average Bonchev–Trinajstić information content (AvgIpc) is 2.85. The first-order valence-electron chi connectivity index (χ1n) is 14.2. The van der Waals surface area contributed by atoms with Gasteiger partial charge in [-0.3, -0.25) is 14.4 Å². The number of rotatable bonds is 7. The Morgan fingerprint density at radius 3 is 2.00 bits per heavy atom. The Hall–Kier alpha value is -3.19. The minimum Gasteiger partial charge on any atom is -0.488 e. The maximum atomic E-state index is 13.9. The Bertz CT molecular complexity index is 1430. The second-order valence-electron chi connectivity index (χ2n) is 13.3. The zero-order valence-corrected chi connectivity index (χ0v) is 26.1. The van der Waals surface area contributed by atoms with E-state index < -0.39 is 11.9 Å². The fourth-order valence-electron chi connectivity index (χ4n) is 6.52. The lowest BCUT2D eigenvalue weighted by Crippen LogP contribution is -2.45. The van der Waals surface area contributed by atoms with E-state index in [1.807, 2.05) is 42.2 Å². The van der Waals surface area contributed by atoms with E-state index in [0.29, 0.717) is 49.2 Å². The van der Waals surface area contributed by atoms with Crippen molar-refractivity contribution in [2.45, 2.75) is 79.2 Å². The SMILES string of the molecule is Cc1ccc(COc2ccc(C3C4=C(CC(C)(C)CC4=O)N(CCC(=O)O)C4=C3C(=O)CC(C)(C)C4)cc2Br)cc1. The molecule has 0 amide bonds. The number of nitrogens with zero attached hydrogens (tertiary/aromatic N) is 1. The normalized spacial score (nSPS) is 20.2. The van der Waals surface area contributed by atoms with Crippen molar-refractivity contribution >= 4 is 33.5 Å². The molecule has 6 nitrogen and oxygen atoms in total. The van der Waals surface area contributed by atoms with Crippen molar-refractivity contribution in [3.8, 4) is 5.75 Å². The number of hydrogen-bond acceptors (Lipinski definition) is 5. The molecular weight excluding hydrogens is 582 g/mol. The average molecular weight is 621 g/mol. The van der Waals surface area contributed by atoms with Crippen molar-refractivity contribution in [1.29, 1.82) is 0 Å². The highest BCUT2D eigenvalue weighted by atomic mass is 79.9. The molecule has 0 saturated heterocycles. The van der Waals surface area contributed by atoms with E-state index in [4.69, 9.17) is 4.74 Å². The third-order valence-corrected chi connectivity index (χ3v) is 9.00. The summed E-state index contributed by atoms with van der Waals surface area (Å²) in [5.41, 5.74) is 5.62. The number of ketones is 2. The smallest absolute Gasteiger partial charge is 0.305 e. The van der Waals surface area contributed by atoms with Crippen LogP contribution in [0.4, 0.5) is 0 Å². The number of aliphatic carboxylic acids is 1. The summed E-state index contributed by atoms with van der Waals surface area (Å²) >= 11 is 3.69. The van der Waals surface area contributed by atoms with Crippen molar-refractivity contribution in [3.05, 3.63) is 86.2 Å². The molecule has 0 saturated carbocycles. The zero-order chi connectivity index (χ0) is 29.7. The van der Waals surface area contributed by atoms with Crippen molar-refractivity contribution < 1.29 is 24.2 Å². The van der Waals surface area contributed by atoms with E-state index in [2.05, 4.69) is 55.8 Å². The van der Waals surface area contributed by atoms with Gasteiger partial charge in [-0.15, -0.1) is 0 Å². The lowest BCUT2D eigenvalue weighted by Gasteiger charge is -2.49. The van der Waals surface area contributed by atoms with Crippen LogP contribution in [0.15, 0.2) is 69.5 Å². The number of carbonyl (C=O) groups is 3. The van der Waals surface area contributed by atoms with Gasteiger partial charge >= 0.3 is 5.97 Å². The van der Waals surface area contributed by atoms with E-state index >= 15 is 0 Å². The van der Waals surface area contributed by atoms with Crippen LogP contribution in [0.25, 0.3) is 0 Å². The number of carboxylic acids is 1. The molecule has 1 N–H and O–H groups in total. The lowest BCUT2D eigenvalue weighted by molar-refractivity contribution is -0.137. The molecule has 2 aromatic carbocycles. The van der Waals surface area contributed by atoms with Crippen LogP contribution in [0.3, 0.4) is 0 Å². The molecule has 41 heavy (non-hydrogen) atoms. The molecule has 0 spiro atoms. The third kappa shape index (κ3) is 6.06. The van der Waals surface area contributed by atoms with Gasteiger partial charge in [-0.2, -0.15) is 0 Å². The largest absolute Gasteiger partial charge is 0.488 e. The number of allylic oxidation sites excluding steroid dienone is 4. The van der Waals surface area contributed by atoms with Crippen LogP contribution in [-0.4, -0.2) is 34.1 Å². The maximum absolute atomic E-state index is 13.9. The van der Waals surface area contributed by atoms with Gasteiger partial charge < -0.3 is 14.7 Å². The second-order valence-corrected chi connectivity index (χ2v) is 14.1. The molecule has 0 bridgehead atoms. The minimum atomic E-state index is -0.899. The molecule has 2 aliphatic carbocycles. The first-order chi connectivity index (χ1) is 19.2. The predicted molar refractivity (Wildman–Crippen MR) is 161 cm³/mol. The Morgan fingerprint density at radius 2 is 1.49 bits per heavy atom. The molecule has 216 valence electrons. The molecule has 0 unspecified atom stereocenters. The minimum absolute atomic E-state index is 0.0292. The first-order valence-corrected chi connectivity index (χ1v) is 15.0. The number of aryl methyl sites for hydroxylation is 1. The third-order valence-electron chi connectivity index (χ3n) is 8.38. The van der Waals surface area contributed by atoms with Gasteiger partial charge in [0, 0.05) is 47.8 Å². The number of halogens is 1. The number of carboxylic acid groups (broad SMARTS) is 1. The standard InChI is InChI=1S/C34H38BrNO5/c1-20-6-8-21(9-7-20)19-41-28-11-10-22(14-23(28)35)30-31-24(15-33(2,3)17-26(31)37)36(13-12-29(39)40)25-16-34(4,5)18-27(38)32(25)30/h6-11,14,30H,12-13,15-19H2,1-5H3,(H,39,40). The zero-order valence-electron chi connectivity index (χ0n) is 24.5. The van der Waals surface area contributed by atoms with Crippen molar-refractivity contribution in [1.82, 2.24) is 4.90 Å². The van der Waals surface area contributed by atoms with Crippen LogP contribution in [0.1, 0.15) is 82.4 Å². The molecule has 0 aromatic heterocycles. The summed E-state index contributed by atoms with van der Waals surface area (Å²) in [5, 5.41) is 9.55. The van der Waals surface area contributed by atoms with Crippen LogP contribution in [0, 0.1) is 17.8 Å². The highest BCUT2D eigenvalue weighted by Crippen LogP contribution is 2.54. The molecule has 1 aliphatic heterocycles. The Kier molecular flexibility index (Phi) is 7.79. The highest BCUT2D eigenvalue weighted by molar-refractivity contribution is 9.10. The van der Waals surface area contributed by atoms with Crippen molar-refractivity contribution in [2.24, 2.45) is 10.8 Å². The van der Waals surface area contributed by atoms with Crippen molar-refractivity contribution in [3.63, 3.8) is 0 Å². The molecule has 1 heterocycles. The maximum Gasteiger partial charge on any atom is 0.305 e. The summed E-state index contributed by atoms with van der Waals surface area (Å²) in [7, 11) is 0. The van der Waals surface area contributed by atoms with Crippen LogP contribution < -0.4 is 4.74 Å². The molecule has 0 atom stereocenters. The van der Waals surface area contributed by atoms with Gasteiger partial charge in [0.05, 0.1) is 10.9 Å². The first kappa shape index (κ1) is 29.3. The van der Waals surface area contributed by atoms with E-state index in [0.717, 1.165) is 27.0 Å².